The van der Waals surface area contributed by atoms with Gasteiger partial charge in [0, 0.05) is 43.9 Å². The van der Waals surface area contributed by atoms with Gasteiger partial charge in [0.05, 0.1) is 33.0 Å². The second kappa shape index (κ2) is 36.8. The lowest BCUT2D eigenvalue weighted by Crippen LogP contribution is -2.13. The van der Waals surface area contributed by atoms with Gasteiger partial charge >= 0.3 is 17.9 Å². The van der Waals surface area contributed by atoms with Gasteiger partial charge < -0.3 is 38.3 Å². The number of hydrogen-bond donors (Lipinski definition) is 1. The highest BCUT2D eigenvalue weighted by Gasteiger charge is 2.25. The minimum Gasteiger partial charge on any atom is -0.493 e. The van der Waals surface area contributed by atoms with E-state index < -0.39 is 17.9 Å². The number of fused-ring (bicyclic) bond motifs is 8. The summed E-state index contributed by atoms with van der Waals surface area (Å²) in [6.07, 6.45) is 26.1. The maximum Gasteiger partial charge on any atom is 0.330 e. The molecule has 0 saturated heterocycles. The smallest absolute Gasteiger partial charge is 0.330 e. The Kier molecular flexibility index (Phi) is 29.7. The molecule has 436 valence electrons. The molecule has 0 saturated carbocycles. The molecule has 5 rings (SSSR count). The first-order chi connectivity index (χ1) is 39.1. The van der Waals surface area contributed by atoms with Crippen LogP contribution >= 0.6 is 0 Å². The largest absolute Gasteiger partial charge is 0.493 e. The van der Waals surface area contributed by atoms with Crippen molar-refractivity contribution < 1.29 is 52.6 Å². The highest BCUT2D eigenvalue weighted by atomic mass is 16.5. The molecule has 0 spiro atoms. The predicted octanol–water partition coefficient (Wildman–Crippen LogP) is 15.9. The van der Waals surface area contributed by atoms with Gasteiger partial charge in [-0.1, -0.05) is 150 Å². The summed E-state index contributed by atoms with van der Waals surface area (Å²) in [5, 5.41) is 11.1. The van der Waals surface area contributed by atoms with Crippen LogP contribution in [0.5, 0.6) is 23.0 Å². The van der Waals surface area contributed by atoms with E-state index in [4.69, 9.17) is 33.2 Å². The maximum absolute atomic E-state index is 12.8. The van der Waals surface area contributed by atoms with Crippen LogP contribution in [0.3, 0.4) is 0 Å². The monoisotopic (exact) mass is 1100 g/mol. The lowest BCUT2D eigenvalue weighted by Gasteiger charge is -2.25. The summed E-state index contributed by atoms with van der Waals surface area (Å²) >= 11 is 0. The van der Waals surface area contributed by atoms with Gasteiger partial charge in [0.15, 0.2) is 0 Å². The van der Waals surface area contributed by atoms with Gasteiger partial charge in [-0.3, -0.25) is 0 Å². The van der Waals surface area contributed by atoms with Crippen LogP contribution in [0, 0.1) is 0 Å². The summed E-state index contributed by atoms with van der Waals surface area (Å²) in [5.41, 5.74) is 9.97. The fourth-order valence-corrected chi connectivity index (χ4v) is 10.4. The molecule has 0 unspecified atom stereocenters. The minimum absolute atomic E-state index is 0.00439. The van der Waals surface area contributed by atoms with E-state index in [9.17, 15) is 19.5 Å². The first kappa shape index (κ1) is 64.5. The van der Waals surface area contributed by atoms with E-state index in [0.717, 1.165) is 212 Å². The van der Waals surface area contributed by atoms with Crippen molar-refractivity contribution in [1.82, 2.24) is 0 Å². The zero-order chi connectivity index (χ0) is 57.3. The Morgan fingerprint density at radius 2 is 0.575 bits per heavy atom. The average Bonchev–Trinajstić information content (AvgIpc) is 3.46. The van der Waals surface area contributed by atoms with E-state index >= 15 is 0 Å². The summed E-state index contributed by atoms with van der Waals surface area (Å²) in [4.78, 5) is 38.2. The van der Waals surface area contributed by atoms with Crippen LogP contribution in [-0.2, 0) is 80.7 Å². The Morgan fingerprint density at radius 1 is 0.362 bits per heavy atom. The van der Waals surface area contributed by atoms with Crippen molar-refractivity contribution in [1.29, 1.82) is 0 Å². The molecule has 0 atom stereocenters. The van der Waals surface area contributed by atoms with Crippen LogP contribution in [0.1, 0.15) is 223 Å². The van der Waals surface area contributed by atoms with E-state index in [1.54, 1.807) is 0 Å². The van der Waals surface area contributed by atoms with Crippen molar-refractivity contribution in [3.8, 4) is 23.0 Å². The summed E-state index contributed by atoms with van der Waals surface area (Å²) < 4.78 is 45.5. The molecule has 0 fully saturated rings. The molecule has 80 heavy (non-hydrogen) atoms. The van der Waals surface area contributed by atoms with Crippen LogP contribution in [0.2, 0.25) is 0 Å². The fourth-order valence-electron chi connectivity index (χ4n) is 10.4. The number of unbranched alkanes of at least 4 members (excludes halogenated alkanes) is 16. The standard InChI is InChI=1S/C69H94O11/c1-8-15-19-23-27-31-74-66-55-35-51(47-70)36-56(66)44-58-38-53(49-79-64(72)13-6)40-60(68(58)76-33-29-25-21-17-10-3)46-62-42-54(50-80-65(73)14-7)41-61(69(62)77-34-30-26-22-18-11-4)45-59-39-52(48-78-63(71)12-5)37-57(43-55)67(59)75-32-28-24-20-16-9-2/h12-14,35-42,70H,5-11,15-34,43-50H2,1-4H3. The van der Waals surface area contributed by atoms with E-state index in [0.29, 0.717) is 57.9 Å². The Hall–Kier alpha value is -6.33. The van der Waals surface area contributed by atoms with Gasteiger partial charge in [-0.25, -0.2) is 14.4 Å². The molecule has 11 nitrogen and oxygen atoms in total. The van der Waals surface area contributed by atoms with Crippen LogP contribution in [0.25, 0.3) is 0 Å². The Labute approximate surface area is 479 Å². The number of carbonyl (C=O) groups is 3. The average molecular weight is 1100 g/mol. The summed E-state index contributed by atoms with van der Waals surface area (Å²) in [7, 11) is 0. The minimum atomic E-state index is -0.538. The lowest BCUT2D eigenvalue weighted by molar-refractivity contribution is -0.139. The summed E-state index contributed by atoms with van der Waals surface area (Å²) in [5.74, 6) is 1.29. The maximum atomic E-state index is 12.8. The van der Waals surface area contributed by atoms with Crippen LogP contribution in [0.15, 0.2) is 86.5 Å². The Morgan fingerprint density at radius 3 is 0.775 bits per heavy atom. The van der Waals surface area contributed by atoms with Gasteiger partial charge in [0.2, 0.25) is 0 Å². The molecule has 1 N–H and O–H groups in total. The van der Waals surface area contributed by atoms with E-state index in [2.05, 4.69) is 83.8 Å². The van der Waals surface area contributed by atoms with Gasteiger partial charge in [0.1, 0.15) is 42.8 Å². The lowest BCUT2D eigenvalue weighted by atomic mass is 9.88. The van der Waals surface area contributed by atoms with Crippen molar-refractivity contribution in [2.24, 2.45) is 0 Å². The molecule has 4 aromatic rings. The predicted molar refractivity (Wildman–Crippen MR) is 320 cm³/mol. The Bertz CT molecular complexity index is 2450. The number of hydrogen-bond acceptors (Lipinski definition) is 11. The third kappa shape index (κ3) is 21.6. The zero-order valence-corrected chi connectivity index (χ0v) is 49.1. The number of aliphatic hydroxyl groups is 1. The summed E-state index contributed by atoms with van der Waals surface area (Å²) in [6.45, 7) is 21.6. The van der Waals surface area contributed by atoms with Crippen LogP contribution < -0.4 is 18.9 Å². The number of rotatable bonds is 38. The van der Waals surface area contributed by atoms with Crippen molar-refractivity contribution >= 4 is 17.9 Å². The highest BCUT2D eigenvalue weighted by molar-refractivity contribution is 5.82. The second-order valence-corrected chi connectivity index (χ2v) is 21.3. The van der Waals surface area contributed by atoms with Crippen molar-refractivity contribution in [2.75, 3.05) is 26.4 Å². The van der Waals surface area contributed by atoms with Crippen molar-refractivity contribution in [3.63, 3.8) is 0 Å². The van der Waals surface area contributed by atoms with Gasteiger partial charge in [-0.05, 0) is 141 Å². The SMILES string of the molecule is C=CC(=O)OCc1cc2c(OCCCCCCC)c(c1)Cc1cc(COC(=O)C=C)cc(c1OCCCCCCC)Cc1cc(COC(=O)C=C)cc(c1OCCCCCCC)Cc1cc(CO)cc(c1OCCCCCCC)C2. The first-order valence-electron chi connectivity index (χ1n) is 30.2. The number of aliphatic hydroxyl groups excluding tert-OH is 1. The highest BCUT2D eigenvalue weighted by Crippen LogP contribution is 2.42. The molecule has 8 bridgehead atoms. The Balaban J connectivity index is 1.89. The molecule has 0 radical (unpaired) electrons. The van der Waals surface area contributed by atoms with Crippen molar-refractivity contribution in [3.05, 3.63) is 153 Å². The molecule has 0 heterocycles. The summed E-state index contributed by atoms with van der Waals surface area (Å²) in [6, 6.07) is 16.4. The molecule has 1 aliphatic carbocycles. The molecular formula is C69H94O11. The third-order valence-corrected chi connectivity index (χ3v) is 14.5. The molecule has 0 amide bonds. The van der Waals surface area contributed by atoms with Crippen molar-refractivity contribution in [2.45, 2.75) is 208 Å². The molecule has 1 aliphatic rings. The zero-order valence-electron chi connectivity index (χ0n) is 49.1. The molecule has 11 heteroatoms. The van der Waals surface area contributed by atoms with Gasteiger partial charge in [-0.2, -0.15) is 0 Å². The second-order valence-electron chi connectivity index (χ2n) is 21.3. The molecule has 0 aromatic heterocycles. The molecule has 4 aromatic carbocycles. The van der Waals surface area contributed by atoms with Gasteiger partial charge in [0.25, 0.3) is 0 Å². The van der Waals surface area contributed by atoms with E-state index in [1.807, 2.05) is 12.1 Å². The first-order valence-corrected chi connectivity index (χ1v) is 30.2. The number of esters is 3. The van der Waals surface area contributed by atoms with E-state index in [-0.39, 0.29) is 26.4 Å². The number of benzene rings is 4. The van der Waals surface area contributed by atoms with Gasteiger partial charge in [-0.15, -0.1) is 0 Å². The van der Waals surface area contributed by atoms with Crippen LogP contribution in [0.4, 0.5) is 0 Å². The van der Waals surface area contributed by atoms with Crippen LogP contribution in [-0.4, -0.2) is 49.4 Å². The normalized spacial score (nSPS) is 11.8. The fraction of sp³-hybridized carbons (Fsp3) is 0.522. The molecular weight excluding hydrogens is 1000 g/mol. The quantitative estimate of drug-likeness (QED) is 0.0175. The third-order valence-electron chi connectivity index (χ3n) is 14.5. The number of ether oxygens (including phenoxy) is 7. The molecule has 0 aliphatic heterocycles. The van der Waals surface area contributed by atoms with E-state index in [1.165, 1.54) is 18.2 Å². The topological polar surface area (TPSA) is 136 Å². The number of carbonyl (C=O) groups excluding carboxylic acids is 3.